The maximum absolute atomic E-state index is 12.7. The summed E-state index contributed by atoms with van der Waals surface area (Å²) in [5.74, 6) is 0.784. The number of ether oxygens (including phenoxy) is 3. The maximum atomic E-state index is 12.7. The summed E-state index contributed by atoms with van der Waals surface area (Å²) in [5, 5.41) is 0. The number of amides is 1. The van der Waals surface area contributed by atoms with Crippen LogP contribution in [-0.2, 0) is 4.74 Å². The number of aryl methyl sites for hydroxylation is 1. The van der Waals surface area contributed by atoms with Crippen LogP contribution in [0.25, 0.3) is 6.08 Å². The topological polar surface area (TPSA) is 78.0 Å². The van der Waals surface area contributed by atoms with Crippen molar-refractivity contribution in [1.29, 1.82) is 0 Å². The molecule has 138 valence electrons. The predicted octanol–water partition coefficient (Wildman–Crippen LogP) is 2.84. The minimum absolute atomic E-state index is 0.189. The highest BCUT2D eigenvalue weighted by Crippen LogP contribution is 2.37. The third kappa shape index (κ3) is 3.54. The number of hydrogen-bond acceptors (Lipinski definition) is 6. The van der Waals surface area contributed by atoms with E-state index in [0.717, 1.165) is 5.56 Å². The van der Waals surface area contributed by atoms with E-state index in [2.05, 4.69) is 4.98 Å². The van der Waals surface area contributed by atoms with Gasteiger partial charge in [0.1, 0.15) is 11.5 Å². The van der Waals surface area contributed by atoms with E-state index in [9.17, 15) is 9.59 Å². The molecule has 0 saturated carbocycles. The first-order valence-corrected chi connectivity index (χ1v) is 8.65. The van der Waals surface area contributed by atoms with Gasteiger partial charge in [0.25, 0.3) is 0 Å². The van der Waals surface area contributed by atoms with E-state index in [-0.39, 0.29) is 11.5 Å². The summed E-state index contributed by atoms with van der Waals surface area (Å²) in [6, 6.07) is 6.82. The van der Waals surface area contributed by atoms with Gasteiger partial charge in [-0.1, -0.05) is 0 Å². The SMILES string of the molecule is Cc1cc(OC(=O)N2CCOCC2)cc2c1C(=O)C(=Cc1ccncc1)O2. The van der Waals surface area contributed by atoms with Crippen LogP contribution in [0.3, 0.4) is 0 Å². The number of hydrogen-bond donors (Lipinski definition) is 0. The highest BCUT2D eigenvalue weighted by atomic mass is 16.6. The third-order valence-electron chi connectivity index (χ3n) is 4.42. The summed E-state index contributed by atoms with van der Waals surface area (Å²) in [5.41, 5.74) is 2.00. The fourth-order valence-electron chi connectivity index (χ4n) is 3.06. The summed E-state index contributed by atoms with van der Waals surface area (Å²) in [7, 11) is 0. The Morgan fingerprint density at radius 3 is 2.70 bits per heavy atom. The second kappa shape index (κ2) is 7.20. The number of aromatic nitrogens is 1. The Morgan fingerprint density at radius 2 is 1.96 bits per heavy atom. The lowest BCUT2D eigenvalue weighted by molar-refractivity contribution is 0.0416. The van der Waals surface area contributed by atoms with E-state index in [1.807, 2.05) is 0 Å². The molecule has 0 aliphatic carbocycles. The second-order valence-corrected chi connectivity index (χ2v) is 6.30. The van der Waals surface area contributed by atoms with Crippen molar-refractivity contribution in [3.8, 4) is 11.5 Å². The Labute approximate surface area is 156 Å². The second-order valence-electron chi connectivity index (χ2n) is 6.30. The molecule has 1 amide bonds. The third-order valence-corrected chi connectivity index (χ3v) is 4.42. The van der Waals surface area contributed by atoms with Crippen molar-refractivity contribution in [3.05, 3.63) is 59.1 Å². The van der Waals surface area contributed by atoms with E-state index >= 15 is 0 Å². The van der Waals surface area contributed by atoms with E-state index in [1.165, 1.54) is 0 Å². The quantitative estimate of drug-likeness (QED) is 0.761. The van der Waals surface area contributed by atoms with Gasteiger partial charge in [0.05, 0.1) is 18.8 Å². The number of nitrogens with zero attached hydrogens (tertiary/aromatic N) is 2. The van der Waals surface area contributed by atoms with Crippen LogP contribution in [0.1, 0.15) is 21.5 Å². The van der Waals surface area contributed by atoms with E-state index in [1.54, 1.807) is 54.6 Å². The number of benzene rings is 1. The molecule has 2 aliphatic rings. The van der Waals surface area contributed by atoms with Gasteiger partial charge >= 0.3 is 6.09 Å². The Kier molecular flexibility index (Phi) is 4.60. The molecule has 2 aliphatic heterocycles. The van der Waals surface area contributed by atoms with Crippen molar-refractivity contribution >= 4 is 18.0 Å². The number of rotatable bonds is 2. The molecule has 3 heterocycles. The van der Waals surface area contributed by atoms with E-state index in [0.29, 0.717) is 48.9 Å². The van der Waals surface area contributed by atoms with Crippen molar-refractivity contribution in [3.63, 3.8) is 0 Å². The molecule has 0 N–H and O–H groups in total. The Balaban J connectivity index is 1.56. The van der Waals surface area contributed by atoms with Crippen LogP contribution in [0.4, 0.5) is 4.79 Å². The molecule has 0 unspecified atom stereocenters. The molecule has 4 rings (SSSR count). The van der Waals surface area contributed by atoms with Crippen molar-refractivity contribution in [2.24, 2.45) is 0 Å². The zero-order valence-electron chi connectivity index (χ0n) is 14.8. The van der Waals surface area contributed by atoms with Crippen LogP contribution in [0.15, 0.2) is 42.4 Å². The number of Topliss-reactive ketones (excluding diaryl/α,β-unsaturated/α-hetero) is 1. The highest BCUT2D eigenvalue weighted by Gasteiger charge is 2.30. The zero-order valence-corrected chi connectivity index (χ0v) is 14.8. The molecule has 1 saturated heterocycles. The van der Waals surface area contributed by atoms with E-state index < -0.39 is 6.09 Å². The number of morpholine rings is 1. The molecule has 0 spiro atoms. The first-order valence-electron chi connectivity index (χ1n) is 8.65. The number of ketones is 1. The molecule has 0 bridgehead atoms. The average Bonchev–Trinajstić information content (AvgIpc) is 2.99. The molecule has 0 radical (unpaired) electrons. The zero-order chi connectivity index (χ0) is 18.8. The Hall–Kier alpha value is -3.19. The van der Waals surface area contributed by atoms with Crippen molar-refractivity contribution < 1.29 is 23.8 Å². The minimum atomic E-state index is -0.436. The number of carbonyl (C=O) groups excluding carboxylic acids is 2. The number of carbonyl (C=O) groups is 2. The van der Waals surface area contributed by atoms with E-state index in [4.69, 9.17) is 14.2 Å². The average molecular weight is 366 g/mol. The smallest absolute Gasteiger partial charge is 0.415 e. The van der Waals surface area contributed by atoms with Crippen LogP contribution >= 0.6 is 0 Å². The van der Waals surface area contributed by atoms with Crippen LogP contribution in [0, 0.1) is 6.92 Å². The lowest BCUT2D eigenvalue weighted by atomic mass is 10.0. The number of fused-ring (bicyclic) bond motifs is 1. The minimum Gasteiger partial charge on any atom is -0.452 e. The molecular formula is C20H18N2O5. The summed E-state index contributed by atoms with van der Waals surface area (Å²) < 4.78 is 16.4. The van der Waals surface area contributed by atoms with Gasteiger partial charge in [-0.15, -0.1) is 0 Å². The molecule has 1 aromatic carbocycles. The Bertz CT molecular complexity index is 917. The van der Waals surface area contributed by atoms with Crippen LogP contribution in [0.2, 0.25) is 0 Å². The molecule has 2 aromatic rings. The first kappa shape index (κ1) is 17.2. The van der Waals surface area contributed by atoms with Gasteiger partial charge in [-0.05, 0) is 42.3 Å². The standard InChI is InChI=1S/C20H18N2O5/c1-13-10-15(26-20(24)22-6-8-25-9-7-22)12-16-18(13)19(23)17(27-16)11-14-2-4-21-5-3-14/h2-5,10-12H,6-9H2,1H3. The predicted molar refractivity (Wildman–Crippen MR) is 96.8 cm³/mol. The van der Waals surface area contributed by atoms with Crippen molar-refractivity contribution in [2.45, 2.75) is 6.92 Å². The fourth-order valence-corrected chi connectivity index (χ4v) is 3.06. The normalized spacial score (nSPS) is 17.6. The molecule has 7 heteroatoms. The summed E-state index contributed by atoms with van der Waals surface area (Å²) in [6.07, 6.45) is 4.53. The highest BCUT2D eigenvalue weighted by molar-refractivity contribution is 6.15. The summed E-state index contributed by atoms with van der Waals surface area (Å²) in [6.45, 7) is 3.78. The molecule has 1 aromatic heterocycles. The summed E-state index contributed by atoms with van der Waals surface area (Å²) >= 11 is 0. The van der Waals surface area contributed by atoms with Crippen molar-refractivity contribution in [1.82, 2.24) is 9.88 Å². The molecular weight excluding hydrogens is 348 g/mol. The van der Waals surface area contributed by atoms with Gasteiger partial charge in [-0.25, -0.2) is 4.79 Å². The molecule has 7 nitrogen and oxygen atoms in total. The lowest BCUT2D eigenvalue weighted by Gasteiger charge is -2.25. The largest absolute Gasteiger partial charge is 0.452 e. The van der Waals surface area contributed by atoms with Gasteiger partial charge < -0.3 is 19.1 Å². The van der Waals surface area contributed by atoms with Crippen molar-refractivity contribution in [2.75, 3.05) is 26.3 Å². The summed E-state index contributed by atoms with van der Waals surface area (Å²) in [4.78, 5) is 30.5. The number of allylic oxidation sites excluding steroid dienone is 1. The molecule has 1 fully saturated rings. The van der Waals surface area contributed by atoms with Crippen LogP contribution < -0.4 is 9.47 Å². The van der Waals surface area contributed by atoms with Gasteiger partial charge in [-0.3, -0.25) is 9.78 Å². The number of pyridine rings is 1. The van der Waals surface area contributed by atoms with Crippen LogP contribution in [-0.4, -0.2) is 48.1 Å². The fraction of sp³-hybridized carbons (Fsp3) is 0.250. The van der Waals surface area contributed by atoms with Gasteiger partial charge in [0.15, 0.2) is 5.76 Å². The first-order chi connectivity index (χ1) is 13.1. The lowest BCUT2D eigenvalue weighted by Crippen LogP contribution is -2.42. The molecule has 27 heavy (non-hydrogen) atoms. The monoisotopic (exact) mass is 366 g/mol. The van der Waals surface area contributed by atoms with Gasteiger partial charge in [0, 0.05) is 31.5 Å². The van der Waals surface area contributed by atoms with Crippen LogP contribution in [0.5, 0.6) is 11.5 Å². The molecule has 0 atom stereocenters. The maximum Gasteiger partial charge on any atom is 0.415 e. The van der Waals surface area contributed by atoms with Gasteiger partial charge in [-0.2, -0.15) is 0 Å². The Morgan fingerprint density at radius 1 is 1.22 bits per heavy atom. The van der Waals surface area contributed by atoms with Gasteiger partial charge in [0.2, 0.25) is 5.78 Å².